The van der Waals surface area contributed by atoms with Crippen molar-refractivity contribution in [2.24, 2.45) is 0 Å². The van der Waals surface area contributed by atoms with Crippen LogP contribution < -0.4 is 0 Å². The Morgan fingerprint density at radius 3 is 1.41 bits per heavy atom. The predicted octanol–water partition coefficient (Wildman–Crippen LogP) is 25.6. The maximum Gasteiger partial charge on any atom is 0.199 e. The minimum atomic E-state index is 0.558. The fraction of sp³-hybridized carbons (Fsp3) is 0. The topological polar surface area (TPSA) is 134 Å². The lowest BCUT2D eigenvalue weighted by Gasteiger charge is -2.11. The summed E-state index contributed by atoms with van der Waals surface area (Å²) < 4.78 is 6.58. The maximum atomic E-state index is 5.06. The SMILES string of the molecule is Brc1ccc2c(c1)ncn2-c1cccc2ccccc12.Brc1ccc2nc(-c3ccc(-c4ccccc4)cc3)nc(-c3ccc(-c4ccccc4)cc3)c2c1.Brc1ccc2nc(-c3ccccc3)ncc2c1.Brc1nc(-c2ccccc2)c2cccnc2n1.Brc1nc2ccccc2nc1-c1ccccc1. The summed E-state index contributed by atoms with van der Waals surface area (Å²) in [5, 5.41) is 5.50. The number of rotatable bonds is 8. The molecule has 0 amide bonds. The van der Waals surface area contributed by atoms with Gasteiger partial charge in [-0.1, -0.05) is 297 Å². The highest BCUT2D eigenvalue weighted by Gasteiger charge is 2.16. The van der Waals surface area contributed by atoms with Gasteiger partial charge in [0.1, 0.15) is 16.6 Å². The summed E-state index contributed by atoms with van der Waals surface area (Å²) in [4.78, 5) is 45.5. The highest BCUT2D eigenvalue weighted by Crippen LogP contribution is 2.35. The Balaban J connectivity index is 0.000000110. The molecule has 0 atom stereocenters. The van der Waals surface area contributed by atoms with Gasteiger partial charge in [-0.2, -0.15) is 0 Å². The number of fused-ring (bicyclic) bond motifs is 6. The third-order valence-electron chi connectivity index (χ3n) is 17.3. The van der Waals surface area contributed by atoms with Crippen LogP contribution in [0.15, 0.2) is 375 Å². The van der Waals surface area contributed by atoms with Gasteiger partial charge in [-0.05, 0) is 144 Å². The highest BCUT2D eigenvalue weighted by atomic mass is 79.9. The van der Waals surface area contributed by atoms with Gasteiger partial charge in [-0.15, -0.1) is 0 Å². The largest absolute Gasteiger partial charge is 0.298 e. The van der Waals surface area contributed by atoms with Crippen molar-refractivity contribution >= 4 is 145 Å². The Kier molecular flexibility index (Phi) is 21.9. The third kappa shape index (κ3) is 16.5. The van der Waals surface area contributed by atoms with Crippen LogP contribution >= 0.6 is 79.6 Å². The zero-order valence-electron chi connectivity index (χ0n) is 56.3. The lowest BCUT2D eigenvalue weighted by molar-refractivity contribution is 1.10. The van der Waals surface area contributed by atoms with E-state index in [1.165, 1.54) is 33.0 Å². The molecule has 0 aliphatic carbocycles. The second-order valence-corrected chi connectivity index (χ2v) is 28.5. The average Bonchev–Trinajstić information content (AvgIpc) is 0.982. The van der Waals surface area contributed by atoms with Gasteiger partial charge in [0.15, 0.2) is 22.0 Å². The van der Waals surface area contributed by atoms with Crippen molar-refractivity contribution in [1.29, 1.82) is 0 Å². The summed E-state index contributed by atoms with van der Waals surface area (Å²) in [5.41, 5.74) is 20.4. The second kappa shape index (κ2) is 33.1. The number of benzene rings is 13. The van der Waals surface area contributed by atoms with E-state index in [4.69, 9.17) is 9.97 Å². The molecule has 0 unspecified atom stereocenters. The van der Waals surface area contributed by atoms with Crippen LogP contribution in [0, 0.1) is 0 Å². The standard InChI is InChI=1S/C32H21BrN2.C17H11BrN2.2C14H9BrN2.C13H8BrN3/c33-28-19-20-30-29(21-28)31(26-15-11-24(12-16-26)22-7-3-1-4-8-22)35-32(34-30)27-17-13-25(14-18-27)23-9-5-2-6-10-23;18-13-8-9-17-15(10-13)19-11-20(17)16-7-3-5-12-4-1-2-6-14(12)16;15-14-13(10-6-2-1-3-7-10)16-11-8-4-5-9-12(11)17-14;15-12-6-7-13-11(8-12)9-16-14(17-13)10-4-2-1-3-5-10;14-13-16-11(9-5-2-1-3-6-9)10-7-4-8-15-12(10)17-13/h1-21H;1-11H;2*1-9H;1-8H. The van der Waals surface area contributed by atoms with Crippen molar-refractivity contribution in [2.45, 2.75) is 0 Å². The van der Waals surface area contributed by atoms with Gasteiger partial charge in [0.25, 0.3) is 0 Å². The maximum absolute atomic E-state index is 5.06. The van der Waals surface area contributed by atoms with Crippen LogP contribution in [-0.4, -0.2) is 54.4 Å². The number of aromatic nitrogens is 11. The van der Waals surface area contributed by atoms with Crippen molar-refractivity contribution in [3.8, 4) is 84.5 Å². The molecule has 16 heteroatoms. The molecule has 13 aromatic carbocycles. The molecule has 0 aliphatic rings. The van der Waals surface area contributed by atoms with Crippen molar-refractivity contribution < 1.29 is 0 Å². The van der Waals surface area contributed by atoms with Crippen LogP contribution in [-0.2, 0) is 0 Å². The van der Waals surface area contributed by atoms with Crippen LogP contribution in [0.5, 0.6) is 0 Å². The molecule has 0 saturated heterocycles. The van der Waals surface area contributed by atoms with Gasteiger partial charge < -0.3 is 0 Å². The van der Waals surface area contributed by atoms with Crippen molar-refractivity contribution in [2.75, 3.05) is 0 Å². The first-order valence-corrected chi connectivity index (χ1v) is 37.7. The number of para-hydroxylation sites is 2. The molecular weight excluding hydrogens is 1630 g/mol. The summed E-state index contributed by atoms with van der Waals surface area (Å²) in [5.74, 6) is 1.49. The summed E-state index contributed by atoms with van der Waals surface area (Å²) in [7, 11) is 0. The molecular formula is C90H58Br5N11. The van der Waals surface area contributed by atoms with Crippen molar-refractivity contribution in [1.82, 2.24) is 54.4 Å². The quantitative estimate of drug-likeness (QED) is 0.135. The second-order valence-electron chi connectivity index (χ2n) is 24.3. The fourth-order valence-corrected chi connectivity index (χ4v) is 14.1. The number of hydrogen-bond acceptors (Lipinski definition) is 10. The smallest absolute Gasteiger partial charge is 0.199 e. The summed E-state index contributed by atoms with van der Waals surface area (Å²) in [6.45, 7) is 0. The van der Waals surface area contributed by atoms with E-state index >= 15 is 0 Å². The number of halogens is 5. The molecule has 6 aromatic heterocycles. The number of hydrogen-bond donors (Lipinski definition) is 0. The molecule has 0 fully saturated rings. The van der Waals surface area contributed by atoms with Gasteiger partial charge in [-0.3, -0.25) is 4.57 Å². The summed E-state index contributed by atoms with van der Waals surface area (Å²) >= 11 is 17.3. The number of pyridine rings is 1. The van der Waals surface area contributed by atoms with Gasteiger partial charge in [0.2, 0.25) is 0 Å². The molecule has 0 bridgehead atoms. The van der Waals surface area contributed by atoms with Gasteiger partial charge in [0.05, 0.1) is 50.2 Å². The van der Waals surface area contributed by atoms with Crippen LogP contribution in [0.25, 0.3) is 150 Å². The predicted molar refractivity (Wildman–Crippen MR) is 451 cm³/mol. The molecule has 19 rings (SSSR count). The summed E-state index contributed by atoms with van der Waals surface area (Å²) in [6.07, 6.45) is 5.48. The molecule has 0 N–H and O–H groups in total. The molecule has 0 radical (unpaired) electrons. The normalized spacial score (nSPS) is 10.9. The minimum Gasteiger partial charge on any atom is -0.298 e. The lowest BCUT2D eigenvalue weighted by atomic mass is 10.0. The first-order chi connectivity index (χ1) is 52.1. The molecule has 0 saturated carbocycles. The average molecular weight is 1690 g/mol. The van der Waals surface area contributed by atoms with Crippen molar-refractivity contribution in [3.05, 3.63) is 375 Å². The first-order valence-electron chi connectivity index (χ1n) is 33.8. The van der Waals surface area contributed by atoms with E-state index in [9.17, 15) is 0 Å². The van der Waals surface area contributed by atoms with E-state index in [-0.39, 0.29) is 0 Å². The Morgan fingerprint density at radius 1 is 0.255 bits per heavy atom. The minimum absolute atomic E-state index is 0.558. The van der Waals surface area contributed by atoms with Gasteiger partial charge >= 0.3 is 0 Å². The van der Waals surface area contributed by atoms with Crippen LogP contribution in [0.2, 0.25) is 0 Å². The zero-order chi connectivity index (χ0) is 72.1. The van der Waals surface area contributed by atoms with Crippen LogP contribution in [0.3, 0.4) is 0 Å². The van der Waals surface area contributed by atoms with Gasteiger partial charge in [0, 0.05) is 75.2 Å². The zero-order valence-corrected chi connectivity index (χ0v) is 64.2. The van der Waals surface area contributed by atoms with Crippen LogP contribution in [0.1, 0.15) is 0 Å². The van der Waals surface area contributed by atoms with Gasteiger partial charge in [-0.25, -0.2) is 49.8 Å². The molecule has 106 heavy (non-hydrogen) atoms. The molecule has 11 nitrogen and oxygen atoms in total. The fourth-order valence-electron chi connectivity index (χ4n) is 12.2. The van der Waals surface area contributed by atoms with E-state index in [1.807, 2.05) is 195 Å². The molecule has 19 aromatic rings. The Bertz CT molecular complexity index is 6260. The Morgan fingerprint density at radius 2 is 0.736 bits per heavy atom. The monoisotopic (exact) mass is 1690 g/mol. The van der Waals surface area contributed by atoms with Crippen LogP contribution in [0.4, 0.5) is 0 Å². The van der Waals surface area contributed by atoms with E-state index in [1.54, 1.807) is 6.20 Å². The molecule has 6 heterocycles. The summed E-state index contributed by atoms with van der Waals surface area (Å²) in [6, 6.07) is 113. The molecule has 0 aliphatic heterocycles. The lowest BCUT2D eigenvalue weighted by Crippen LogP contribution is -1.95. The van der Waals surface area contributed by atoms with E-state index in [0.717, 1.165) is 130 Å². The van der Waals surface area contributed by atoms with E-state index in [2.05, 4.69) is 276 Å². The highest BCUT2D eigenvalue weighted by molar-refractivity contribution is 9.11. The number of imidazole rings is 1. The third-order valence-corrected chi connectivity index (χ3v) is 19.7. The Labute approximate surface area is 653 Å². The molecule has 508 valence electrons. The number of nitrogens with zero attached hydrogens (tertiary/aromatic N) is 11. The first kappa shape index (κ1) is 70.2. The van der Waals surface area contributed by atoms with Crippen molar-refractivity contribution in [3.63, 3.8) is 0 Å². The van der Waals surface area contributed by atoms with E-state index < -0.39 is 0 Å². The Hall–Kier alpha value is -11.5. The molecule has 0 spiro atoms. The van der Waals surface area contributed by atoms with E-state index in [0.29, 0.717) is 10.4 Å².